The number of nitrogens with zero attached hydrogens (tertiary/aromatic N) is 3. The van der Waals surface area contributed by atoms with Gasteiger partial charge in [-0.2, -0.15) is 5.26 Å². The third kappa shape index (κ3) is 6.33. The Balaban J connectivity index is 1.82. The first-order valence-corrected chi connectivity index (χ1v) is 11.7. The molecule has 0 unspecified atom stereocenters. The van der Waals surface area contributed by atoms with E-state index in [9.17, 15) is 14.9 Å². The third-order valence-electron chi connectivity index (χ3n) is 5.70. The largest absolute Gasteiger partial charge is 0.490 e. The van der Waals surface area contributed by atoms with Crippen molar-refractivity contribution in [2.45, 2.75) is 51.9 Å². The van der Waals surface area contributed by atoms with Crippen LogP contribution in [0.3, 0.4) is 0 Å². The van der Waals surface area contributed by atoms with Gasteiger partial charge in [0.25, 0.3) is 0 Å². The highest BCUT2D eigenvalue weighted by atomic mass is 16.5. The van der Waals surface area contributed by atoms with Crippen LogP contribution in [0.1, 0.15) is 67.1 Å². The first-order chi connectivity index (χ1) is 16.5. The van der Waals surface area contributed by atoms with E-state index in [1.807, 2.05) is 13.0 Å². The Morgan fingerprint density at radius 1 is 1.38 bits per heavy atom. The number of hydrogen-bond donors (Lipinski definition) is 1. The minimum atomic E-state index is -0.336. The van der Waals surface area contributed by atoms with Crippen LogP contribution in [0, 0.1) is 11.3 Å². The molecule has 8 heteroatoms. The van der Waals surface area contributed by atoms with Crippen LogP contribution in [-0.4, -0.2) is 44.2 Å². The molecule has 180 valence electrons. The zero-order valence-electron chi connectivity index (χ0n) is 20.1. The summed E-state index contributed by atoms with van der Waals surface area (Å²) in [4.78, 5) is 30.9. The highest BCUT2D eigenvalue weighted by Crippen LogP contribution is 2.42. The van der Waals surface area contributed by atoms with Gasteiger partial charge in [-0.1, -0.05) is 13.0 Å². The van der Waals surface area contributed by atoms with Gasteiger partial charge in [-0.05, 0) is 68.2 Å². The summed E-state index contributed by atoms with van der Waals surface area (Å²) < 4.78 is 10.8. The Labute approximate surface area is 200 Å². The standard InChI is InChI=1S/C26H32N4O4/c1-4-5-7-21(16-27)24(34-13-12-33-3)14-18(2)28-26(32)30-11-6-8-20-15-22(19-9-10-19)23(17-31)29-25(20)30/h5,7,14-15,17,19H,4,6,8-13H2,1-3H3,(H,28,32)/b7-5+,18-14+,24-21-. The number of carbonyl (C=O) groups excluding carboxylic acids is 2. The number of nitriles is 1. The van der Waals surface area contributed by atoms with Crippen LogP contribution in [-0.2, 0) is 15.9 Å². The number of amides is 2. The minimum absolute atomic E-state index is 0.274. The molecule has 2 aliphatic rings. The van der Waals surface area contributed by atoms with Gasteiger partial charge < -0.3 is 14.8 Å². The van der Waals surface area contributed by atoms with E-state index >= 15 is 0 Å². The molecule has 0 saturated heterocycles. The molecule has 34 heavy (non-hydrogen) atoms. The van der Waals surface area contributed by atoms with Gasteiger partial charge in [0.2, 0.25) is 0 Å². The minimum Gasteiger partial charge on any atom is -0.490 e. The predicted octanol–water partition coefficient (Wildman–Crippen LogP) is 4.54. The molecule has 1 aliphatic heterocycles. The quantitative estimate of drug-likeness (QED) is 0.179. The van der Waals surface area contributed by atoms with Crippen molar-refractivity contribution in [3.8, 4) is 6.07 Å². The van der Waals surface area contributed by atoms with Crippen LogP contribution in [0.15, 0.2) is 41.3 Å². The fourth-order valence-electron chi connectivity index (χ4n) is 3.85. The highest BCUT2D eigenvalue weighted by molar-refractivity contribution is 5.94. The first kappa shape index (κ1) is 25.2. The van der Waals surface area contributed by atoms with Crippen molar-refractivity contribution in [3.63, 3.8) is 0 Å². The first-order valence-electron chi connectivity index (χ1n) is 11.7. The van der Waals surface area contributed by atoms with Crippen molar-refractivity contribution >= 4 is 18.1 Å². The summed E-state index contributed by atoms with van der Waals surface area (Å²) >= 11 is 0. The van der Waals surface area contributed by atoms with Gasteiger partial charge in [0.1, 0.15) is 29.9 Å². The Morgan fingerprint density at radius 3 is 2.82 bits per heavy atom. The SMILES string of the molecule is CC/C=C/C(C#N)=C(\C=C(/C)NC(=O)N1CCCc2cc(C3CC3)c(C=O)nc21)OCCOC. The van der Waals surface area contributed by atoms with E-state index in [2.05, 4.69) is 22.4 Å². The fourth-order valence-corrected chi connectivity index (χ4v) is 3.85. The zero-order valence-corrected chi connectivity index (χ0v) is 20.1. The van der Waals surface area contributed by atoms with Crippen molar-refractivity contribution in [3.05, 3.63) is 58.1 Å². The summed E-state index contributed by atoms with van der Waals surface area (Å²) in [5, 5.41) is 12.4. The van der Waals surface area contributed by atoms with Crippen molar-refractivity contribution in [1.82, 2.24) is 10.3 Å². The van der Waals surface area contributed by atoms with E-state index < -0.39 is 0 Å². The Kier molecular flexibility index (Phi) is 9.00. The molecule has 3 rings (SSSR count). The van der Waals surface area contributed by atoms with Crippen LogP contribution in [0.5, 0.6) is 0 Å². The van der Waals surface area contributed by atoms with E-state index in [0.717, 1.165) is 49.5 Å². The van der Waals surface area contributed by atoms with E-state index in [4.69, 9.17) is 9.47 Å². The van der Waals surface area contributed by atoms with E-state index in [1.165, 1.54) is 0 Å². The molecule has 2 amide bonds. The summed E-state index contributed by atoms with van der Waals surface area (Å²) in [6, 6.07) is 3.86. The molecule has 1 aliphatic carbocycles. The number of anilines is 1. The molecule has 1 N–H and O–H groups in total. The van der Waals surface area contributed by atoms with Gasteiger partial charge in [-0.15, -0.1) is 0 Å². The van der Waals surface area contributed by atoms with Crippen molar-refractivity contribution in [2.24, 2.45) is 0 Å². The Morgan fingerprint density at radius 2 is 2.18 bits per heavy atom. The van der Waals surface area contributed by atoms with Crippen LogP contribution in [0.25, 0.3) is 0 Å². The summed E-state index contributed by atoms with van der Waals surface area (Å²) in [5.74, 6) is 1.31. The van der Waals surface area contributed by atoms with Crippen LogP contribution in [0.4, 0.5) is 10.6 Å². The fraction of sp³-hybridized carbons (Fsp3) is 0.462. The lowest BCUT2D eigenvalue weighted by Crippen LogP contribution is -2.43. The number of methoxy groups -OCH3 is 1. The van der Waals surface area contributed by atoms with Gasteiger partial charge >= 0.3 is 6.03 Å². The second-order valence-corrected chi connectivity index (χ2v) is 8.39. The van der Waals surface area contributed by atoms with Gasteiger partial charge in [0.05, 0.1) is 12.2 Å². The molecule has 0 aromatic carbocycles. The number of rotatable bonds is 10. The number of urea groups is 1. The molecule has 0 bridgehead atoms. The smallest absolute Gasteiger partial charge is 0.327 e. The van der Waals surface area contributed by atoms with Crippen LogP contribution >= 0.6 is 0 Å². The average molecular weight is 465 g/mol. The van der Waals surface area contributed by atoms with Crippen LogP contribution in [0.2, 0.25) is 0 Å². The average Bonchev–Trinajstić information content (AvgIpc) is 3.68. The van der Waals surface area contributed by atoms with Gasteiger partial charge in [-0.25, -0.2) is 9.78 Å². The molecule has 1 saturated carbocycles. The normalized spacial score (nSPS) is 16.5. The van der Waals surface area contributed by atoms with Crippen molar-refractivity contribution < 1.29 is 19.1 Å². The third-order valence-corrected chi connectivity index (χ3v) is 5.70. The number of aromatic nitrogens is 1. The zero-order chi connectivity index (χ0) is 24.5. The van der Waals surface area contributed by atoms with Gasteiger partial charge in [-0.3, -0.25) is 9.69 Å². The molecule has 1 aromatic rings. The molecule has 0 spiro atoms. The van der Waals surface area contributed by atoms with E-state index in [-0.39, 0.29) is 12.6 Å². The highest BCUT2D eigenvalue weighted by Gasteiger charge is 2.31. The van der Waals surface area contributed by atoms with Crippen molar-refractivity contribution in [1.29, 1.82) is 5.26 Å². The molecular weight excluding hydrogens is 432 g/mol. The Bertz CT molecular complexity index is 1050. The summed E-state index contributed by atoms with van der Waals surface area (Å²) in [6.07, 6.45) is 10.6. The lowest BCUT2D eigenvalue weighted by atomic mass is 10.00. The van der Waals surface area contributed by atoms with Crippen molar-refractivity contribution in [2.75, 3.05) is 31.8 Å². The second kappa shape index (κ2) is 12.1. The summed E-state index contributed by atoms with van der Waals surface area (Å²) in [6.45, 7) is 4.87. The van der Waals surface area contributed by atoms with Crippen LogP contribution < -0.4 is 10.2 Å². The number of aldehydes is 1. The lowest BCUT2D eigenvalue weighted by molar-refractivity contribution is 0.111. The number of pyridine rings is 1. The molecule has 0 radical (unpaired) electrons. The number of hydrogen-bond acceptors (Lipinski definition) is 6. The maximum absolute atomic E-state index is 13.1. The summed E-state index contributed by atoms with van der Waals surface area (Å²) in [5.41, 5.74) is 3.30. The molecule has 2 heterocycles. The molecule has 1 fully saturated rings. The van der Waals surface area contributed by atoms with Gasteiger partial charge in [0.15, 0.2) is 6.29 Å². The number of ether oxygens (including phenoxy) is 2. The number of carbonyl (C=O) groups is 2. The maximum atomic E-state index is 13.1. The van der Waals surface area contributed by atoms with Gasteiger partial charge in [0, 0.05) is 25.4 Å². The number of fused-ring (bicyclic) bond motifs is 1. The Hall–Kier alpha value is -3.44. The number of aryl methyl sites for hydroxylation is 1. The topological polar surface area (TPSA) is 105 Å². The van der Waals surface area contributed by atoms with E-state index in [0.29, 0.717) is 47.6 Å². The molecular formula is C26H32N4O4. The second-order valence-electron chi connectivity index (χ2n) is 8.39. The predicted molar refractivity (Wildman–Crippen MR) is 129 cm³/mol. The van der Waals surface area contributed by atoms with E-state index in [1.54, 1.807) is 31.1 Å². The number of allylic oxidation sites excluding steroid dienone is 5. The summed E-state index contributed by atoms with van der Waals surface area (Å²) in [7, 11) is 1.57. The maximum Gasteiger partial charge on any atom is 0.327 e. The molecule has 1 aromatic heterocycles. The monoisotopic (exact) mass is 464 g/mol. The number of nitrogens with one attached hydrogen (secondary N) is 1. The molecule has 8 nitrogen and oxygen atoms in total. The molecule has 0 atom stereocenters. The lowest BCUT2D eigenvalue weighted by Gasteiger charge is -2.29.